The number of nitro groups is 1. The lowest BCUT2D eigenvalue weighted by Crippen LogP contribution is -2.58. The molecule has 140 valence electrons. The van der Waals surface area contributed by atoms with Gasteiger partial charge in [-0.15, -0.1) is 0 Å². The molecule has 1 saturated carbocycles. The maximum atomic E-state index is 13.0. The van der Waals surface area contributed by atoms with Gasteiger partial charge in [-0.3, -0.25) is 19.8 Å². The molecule has 2 atom stereocenters. The molecule has 8 heteroatoms. The molecule has 0 aromatic heterocycles. The van der Waals surface area contributed by atoms with E-state index in [0.29, 0.717) is 5.75 Å². The maximum absolute atomic E-state index is 13.0. The van der Waals surface area contributed by atoms with Crippen LogP contribution in [0.4, 0.5) is 10.5 Å². The Morgan fingerprint density at radius 3 is 2.65 bits per heavy atom. The van der Waals surface area contributed by atoms with Crippen LogP contribution in [0.3, 0.4) is 0 Å². The predicted octanol–water partition coefficient (Wildman–Crippen LogP) is 2.72. The summed E-state index contributed by atoms with van der Waals surface area (Å²) in [6.07, 6.45) is 2.88. The van der Waals surface area contributed by atoms with Crippen molar-refractivity contribution in [2.24, 2.45) is 11.8 Å². The highest BCUT2D eigenvalue weighted by Gasteiger charge is 2.58. The van der Waals surface area contributed by atoms with Crippen molar-refractivity contribution in [3.63, 3.8) is 0 Å². The van der Waals surface area contributed by atoms with E-state index in [-0.39, 0.29) is 36.6 Å². The van der Waals surface area contributed by atoms with E-state index in [1.54, 1.807) is 6.07 Å². The Hall–Kier alpha value is -2.64. The van der Waals surface area contributed by atoms with Crippen LogP contribution in [0.1, 0.15) is 33.1 Å². The Balaban J connectivity index is 1.65. The Morgan fingerprint density at radius 1 is 1.31 bits per heavy atom. The number of nitrogens with zero attached hydrogens (tertiary/aromatic N) is 2. The van der Waals surface area contributed by atoms with Crippen molar-refractivity contribution in [1.29, 1.82) is 0 Å². The number of benzene rings is 1. The van der Waals surface area contributed by atoms with Crippen LogP contribution in [0.2, 0.25) is 0 Å². The van der Waals surface area contributed by atoms with E-state index >= 15 is 0 Å². The second kappa shape index (κ2) is 6.93. The monoisotopic (exact) mass is 361 g/mol. The van der Waals surface area contributed by atoms with Gasteiger partial charge >= 0.3 is 6.03 Å². The number of urea groups is 1. The van der Waals surface area contributed by atoms with E-state index in [1.807, 2.05) is 13.8 Å². The fraction of sp³-hybridized carbons (Fsp3) is 0.556. The van der Waals surface area contributed by atoms with Crippen molar-refractivity contribution >= 4 is 17.6 Å². The van der Waals surface area contributed by atoms with Gasteiger partial charge < -0.3 is 10.1 Å². The van der Waals surface area contributed by atoms with Crippen molar-refractivity contribution in [3.8, 4) is 5.75 Å². The van der Waals surface area contributed by atoms with Crippen LogP contribution in [0.5, 0.6) is 5.75 Å². The van der Waals surface area contributed by atoms with Crippen LogP contribution in [-0.4, -0.2) is 40.5 Å². The van der Waals surface area contributed by atoms with E-state index in [1.165, 1.54) is 23.1 Å². The highest BCUT2D eigenvalue weighted by molar-refractivity contribution is 6.07. The zero-order chi connectivity index (χ0) is 18.9. The third-order valence-corrected chi connectivity index (χ3v) is 5.60. The molecule has 1 spiro atoms. The predicted molar refractivity (Wildman–Crippen MR) is 93.7 cm³/mol. The number of non-ortho nitro benzene ring substituents is 1. The number of rotatable bonds is 5. The fourth-order valence-electron chi connectivity index (χ4n) is 4.10. The number of hydrogen-bond acceptors (Lipinski definition) is 5. The number of carbonyl (C=O) groups excluding carboxylic acids is 2. The number of ether oxygens (including phenoxy) is 1. The molecule has 1 N–H and O–H groups in total. The third kappa shape index (κ3) is 3.00. The molecular weight excluding hydrogens is 338 g/mol. The van der Waals surface area contributed by atoms with Crippen molar-refractivity contribution in [2.45, 2.75) is 38.6 Å². The first-order chi connectivity index (χ1) is 12.4. The Labute approximate surface area is 151 Å². The van der Waals surface area contributed by atoms with Crippen molar-refractivity contribution in [2.75, 3.05) is 13.2 Å². The molecule has 8 nitrogen and oxygen atoms in total. The zero-order valence-corrected chi connectivity index (χ0v) is 14.9. The third-order valence-electron chi connectivity index (χ3n) is 5.60. The standard InChI is InChI=1S/C18H23N3O5/c1-12-5-3-6-13(2)18(12)16(22)20(17(23)19-18)9-10-26-15-8-4-7-14(11-15)21(24)25/h4,7-8,11-13H,3,5-6,9-10H2,1-2H3,(H,19,23). The lowest BCUT2D eigenvalue weighted by atomic mass is 9.67. The Bertz CT molecular complexity index is 725. The van der Waals surface area contributed by atoms with Crippen LogP contribution in [0.15, 0.2) is 24.3 Å². The number of nitrogens with one attached hydrogen (secondary N) is 1. The second-order valence-electron chi connectivity index (χ2n) is 7.09. The molecule has 1 heterocycles. The fourth-order valence-corrected chi connectivity index (χ4v) is 4.10. The van der Waals surface area contributed by atoms with E-state index < -0.39 is 16.5 Å². The molecule has 1 aliphatic carbocycles. The summed E-state index contributed by atoms with van der Waals surface area (Å²) in [4.78, 5) is 36.9. The highest BCUT2D eigenvalue weighted by atomic mass is 16.6. The van der Waals surface area contributed by atoms with Gasteiger partial charge in [0.2, 0.25) is 0 Å². The minimum atomic E-state index is -0.819. The van der Waals surface area contributed by atoms with Gasteiger partial charge in [-0.05, 0) is 30.7 Å². The molecule has 2 fully saturated rings. The van der Waals surface area contributed by atoms with E-state index in [4.69, 9.17) is 4.74 Å². The molecule has 1 aromatic rings. The summed E-state index contributed by atoms with van der Waals surface area (Å²) in [6, 6.07) is 5.43. The lowest BCUT2D eigenvalue weighted by molar-refractivity contribution is -0.384. The average Bonchev–Trinajstić information content (AvgIpc) is 2.86. The Morgan fingerprint density at radius 2 is 2.00 bits per heavy atom. The van der Waals surface area contributed by atoms with Gasteiger partial charge in [0.1, 0.15) is 17.9 Å². The zero-order valence-electron chi connectivity index (χ0n) is 14.9. The van der Waals surface area contributed by atoms with Crippen molar-refractivity contribution in [3.05, 3.63) is 34.4 Å². The number of imide groups is 1. The Kier molecular flexibility index (Phi) is 4.84. The molecule has 0 bridgehead atoms. The second-order valence-corrected chi connectivity index (χ2v) is 7.09. The molecule has 2 aliphatic rings. The summed E-state index contributed by atoms with van der Waals surface area (Å²) in [5, 5.41) is 13.7. The first kappa shape index (κ1) is 18.2. The van der Waals surface area contributed by atoms with E-state index in [0.717, 1.165) is 19.3 Å². The van der Waals surface area contributed by atoms with Gasteiger partial charge in [0.15, 0.2) is 0 Å². The largest absolute Gasteiger partial charge is 0.491 e. The van der Waals surface area contributed by atoms with Gasteiger partial charge in [0, 0.05) is 6.07 Å². The molecule has 2 unspecified atom stereocenters. The van der Waals surface area contributed by atoms with E-state index in [2.05, 4.69) is 5.32 Å². The first-order valence-corrected chi connectivity index (χ1v) is 8.87. The average molecular weight is 361 g/mol. The molecule has 3 amide bonds. The molecule has 1 saturated heterocycles. The number of hydrogen-bond donors (Lipinski definition) is 1. The summed E-state index contributed by atoms with van der Waals surface area (Å²) in [5.74, 6) is 0.320. The number of amides is 3. The van der Waals surface area contributed by atoms with Gasteiger partial charge in [0.25, 0.3) is 11.6 Å². The molecule has 0 radical (unpaired) electrons. The smallest absolute Gasteiger partial charge is 0.325 e. The molecule has 1 aromatic carbocycles. The molecule has 1 aliphatic heterocycles. The highest BCUT2D eigenvalue weighted by Crippen LogP contribution is 2.42. The van der Waals surface area contributed by atoms with Crippen molar-refractivity contribution < 1.29 is 19.2 Å². The summed E-state index contributed by atoms with van der Waals surface area (Å²) in [7, 11) is 0. The number of nitro benzene ring substituents is 1. The lowest BCUT2D eigenvalue weighted by Gasteiger charge is -2.42. The minimum absolute atomic E-state index is 0.0682. The van der Waals surface area contributed by atoms with Crippen LogP contribution >= 0.6 is 0 Å². The SMILES string of the molecule is CC1CCCC(C)C12NC(=O)N(CCOc1cccc([N+](=O)[O-])c1)C2=O. The van der Waals surface area contributed by atoms with E-state index in [9.17, 15) is 19.7 Å². The summed E-state index contributed by atoms with van der Waals surface area (Å²) >= 11 is 0. The maximum Gasteiger partial charge on any atom is 0.325 e. The summed E-state index contributed by atoms with van der Waals surface area (Å²) in [5.41, 5.74) is -0.887. The van der Waals surface area contributed by atoms with Gasteiger partial charge in [0.05, 0.1) is 17.5 Å². The molecular formula is C18H23N3O5. The quantitative estimate of drug-likeness (QED) is 0.493. The molecule has 3 rings (SSSR count). The number of carbonyl (C=O) groups is 2. The minimum Gasteiger partial charge on any atom is -0.491 e. The van der Waals surface area contributed by atoms with Crippen LogP contribution in [0.25, 0.3) is 0 Å². The normalized spacial score (nSPS) is 28.3. The van der Waals surface area contributed by atoms with Crippen LogP contribution in [-0.2, 0) is 4.79 Å². The summed E-state index contributed by atoms with van der Waals surface area (Å²) < 4.78 is 5.51. The van der Waals surface area contributed by atoms with Gasteiger partial charge in [-0.1, -0.05) is 26.3 Å². The topological polar surface area (TPSA) is 102 Å². The van der Waals surface area contributed by atoms with Gasteiger partial charge in [-0.25, -0.2) is 4.79 Å². The molecule has 26 heavy (non-hydrogen) atoms. The van der Waals surface area contributed by atoms with Crippen molar-refractivity contribution in [1.82, 2.24) is 10.2 Å². The van der Waals surface area contributed by atoms with Gasteiger partial charge in [-0.2, -0.15) is 0 Å². The van der Waals surface area contributed by atoms with Crippen LogP contribution < -0.4 is 10.1 Å². The summed E-state index contributed by atoms with van der Waals surface area (Å²) in [6.45, 7) is 4.21. The first-order valence-electron chi connectivity index (χ1n) is 8.87. The van der Waals surface area contributed by atoms with Crippen LogP contribution in [0, 0.1) is 22.0 Å².